The highest BCUT2D eigenvalue weighted by Crippen LogP contribution is 2.13. The van der Waals surface area contributed by atoms with E-state index in [1.54, 1.807) is 0 Å². The molecule has 8 heteroatoms. The van der Waals surface area contributed by atoms with E-state index in [0.29, 0.717) is 0 Å². The Labute approximate surface area is 58.8 Å². The smallest absolute Gasteiger partial charge is 0.236 e. The van der Waals surface area contributed by atoms with Gasteiger partial charge in [-0.2, -0.15) is 8.42 Å². The fraction of sp³-hybridized carbons (Fsp3) is 1.00. The van der Waals surface area contributed by atoms with Gasteiger partial charge in [-0.25, -0.2) is 4.18 Å². The van der Waals surface area contributed by atoms with E-state index in [2.05, 4.69) is 8.71 Å². The van der Waals surface area contributed by atoms with Crippen molar-refractivity contribution in [2.24, 2.45) is 0 Å². The lowest BCUT2D eigenvalue weighted by molar-refractivity contribution is 0.122. The highest BCUT2D eigenvalue weighted by Gasteiger charge is 2.13. The van der Waals surface area contributed by atoms with Gasteiger partial charge in [0.1, 0.15) is 0 Å². The first-order valence-electron chi connectivity index (χ1n) is 2.05. The second-order valence-electron chi connectivity index (χ2n) is 1.31. The molecule has 0 fully saturated rings. The lowest BCUT2D eigenvalue weighted by Crippen LogP contribution is -2.04. The Kier molecular flexibility index (Phi) is 3.92. The SMILES string of the molecule is CS(=O)(=O)OCO[P+](=O)O. The Morgan fingerprint density at radius 3 is 2.40 bits per heavy atom. The summed E-state index contributed by atoms with van der Waals surface area (Å²) in [4.78, 5) is 7.96. The van der Waals surface area contributed by atoms with E-state index < -0.39 is 25.2 Å². The topological polar surface area (TPSA) is 89.9 Å². The highest BCUT2D eigenvalue weighted by atomic mass is 32.2. The average molecular weight is 189 g/mol. The van der Waals surface area contributed by atoms with E-state index in [1.165, 1.54) is 0 Å². The third kappa shape index (κ3) is 7.93. The van der Waals surface area contributed by atoms with E-state index >= 15 is 0 Å². The first-order chi connectivity index (χ1) is 4.42. The van der Waals surface area contributed by atoms with Gasteiger partial charge in [0, 0.05) is 4.57 Å². The van der Waals surface area contributed by atoms with Crippen LogP contribution in [0.2, 0.25) is 0 Å². The Morgan fingerprint density at radius 2 is 2.10 bits per heavy atom. The number of rotatable bonds is 4. The van der Waals surface area contributed by atoms with Crippen molar-refractivity contribution in [2.75, 3.05) is 13.0 Å². The van der Waals surface area contributed by atoms with Gasteiger partial charge in [-0.1, -0.05) is 4.52 Å². The second-order valence-corrected chi connectivity index (χ2v) is 3.68. The molecule has 0 spiro atoms. The molecule has 6 nitrogen and oxygen atoms in total. The van der Waals surface area contributed by atoms with Crippen LogP contribution in [0.5, 0.6) is 0 Å². The maximum absolute atomic E-state index is 10.1. The first-order valence-corrected chi connectivity index (χ1v) is 5.00. The molecule has 0 aliphatic heterocycles. The molecule has 0 bridgehead atoms. The number of hydrogen-bond donors (Lipinski definition) is 1. The van der Waals surface area contributed by atoms with Crippen molar-refractivity contribution in [3.8, 4) is 0 Å². The Morgan fingerprint density at radius 1 is 1.60 bits per heavy atom. The van der Waals surface area contributed by atoms with Crippen LogP contribution in [0.3, 0.4) is 0 Å². The normalized spacial score (nSPS) is 13.2. The standard InChI is InChI=1S/C2H5O6PS/c1-10(5,6)8-2-7-9(3)4/h2H2,1H3/p+1. The van der Waals surface area contributed by atoms with E-state index in [9.17, 15) is 13.0 Å². The van der Waals surface area contributed by atoms with E-state index in [-0.39, 0.29) is 0 Å². The van der Waals surface area contributed by atoms with Crippen LogP contribution in [-0.4, -0.2) is 26.4 Å². The average Bonchev–Trinajstić information content (AvgIpc) is 1.59. The zero-order valence-electron chi connectivity index (χ0n) is 5.05. The Hall–Kier alpha value is -0.0700. The van der Waals surface area contributed by atoms with Gasteiger partial charge in [0.15, 0.2) is 0 Å². The summed E-state index contributed by atoms with van der Waals surface area (Å²) < 4.78 is 37.8. The maximum Gasteiger partial charge on any atom is 0.697 e. The van der Waals surface area contributed by atoms with Crippen LogP contribution in [0.4, 0.5) is 0 Å². The van der Waals surface area contributed by atoms with Crippen molar-refractivity contribution in [2.45, 2.75) is 0 Å². The fourth-order valence-electron chi connectivity index (χ4n) is 0.154. The molecule has 1 N–H and O–H groups in total. The van der Waals surface area contributed by atoms with Crippen LogP contribution in [0.15, 0.2) is 0 Å². The summed E-state index contributed by atoms with van der Waals surface area (Å²) in [7, 11) is -6.38. The monoisotopic (exact) mass is 189 g/mol. The summed E-state index contributed by atoms with van der Waals surface area (Å²) in [6, 6.07) is 0. The van der Waals surface area contributed by atoms with Gasteiger partial charge in [-0.3, -0.25) is 0 Å². The maximum atomic E-state index is 10.1. The molecule has 0 saturated carbocycles. The van der Waals surface area contributed by atoms with Crippen molar-refractivity contribution >= 4 is 18.4 Å². The molecular formula is C2H6O6PS+. The summed E-state index contributed by atoms with van der Waals surface area (Å²) in [6.45, 7) is -0.732. The van der Waals surface area contributed by atoms with Gasteiger partial charge in [0.2, 0.25) is 6.79 Å². The minimum Gasteiger partial charge on any atom is -0.236 e. The molecule has 0 heterocycles. The van der Waals surface area contributed by atoms with Crippen molar-refractivity contribution < 1.29 is 26.6 Å². The highest BCUT2D eigenvalue weighted by molar-refractivity contribution is 7.85. The third-order valence-corrected chi connectivity index (χ3v) is 1.28. The summed E-state index contributed by atoms with van der Waals surface area (Å²) in [5.74, 6) is 0. The first kappa shape index (κ1) is 9.93. The molecule has 0 amide bonds. The summed E-state index contributed by atoms with van der Waals surface area (Å²) >= 11 is 0. The zero-order chi connectivity index (χ0) is 8.20. The molecule has 0 rings (SSSR count). The summed E-state index contributed by atoms with van der Waals surface area (Å²) in [5, 5.41) is 0. The van der Waals surface area contributed by atoms with E-state index in [4.69, 9.17) is 4.89 Å². The van der Waals surface area contributed by atoms with Crippen LogP contribution in [0, 0.1) is 0 Å². The summed E-state index contributed by atoms with van der Waals surface area (Å²) in [5.41, 5.74) is 0. The van der Waals surface area contributed by atoms with Gasteiger partial charge in [-0.15, -0.1) is 4.89 Å². The fourth-order valence-corrected chi connectivity index (χ4v) is 0.591. The summed E-state index contributed by atoms with van der Waals surface area (Å²) in [6.07, 6.45) is 0.806. The van der Waals surface area contributed by atoms with E-state index in [0.717, 1.165) is 6.26 Å². The van der Waals surface area contributed by atoms with Crippen LogP contribution < -0.4 is 0 Å². The van der Waals surface area contributed by atoms with Gasteiger partial charge in [0.05, 0.1) is 6.26 Å². The molecule has 0 aromatic heterocycles. The van der Waals surface area contributed by atoms with Crippen LogP contribution in [0.25, 0.3) is 0 Å². The molecule has 60 valence electrons. The van der Waals surface area contributed by atoms with Gasteiger partial charge >= 0.3 is 8.25 Å². The van der Waals surface area contributed by atoms with Crippen LogP contribution in [0.1, 0.15) is 0 Å². The lowest BCUT2D eigenvalue weighted by Gasteiger charge is -1.91. The molecule has 1 unspecified atom stereocenters. The minimum absolute atomic E-state index is 0.732. The van der Waals surface area contributed by atoms with Crippen LogP contribution in [-0.2, 0) is 23.4 Å². The third-order valence-electron chi connectivity index (χ3n) is 0.425. The molecule has 0 saturated heterocycles. The molecule has 0 aliphatic rings. The van der Waals surface area contributed by atoms with Gasteiger partial charge in [-0.05, 0) is 0 Å². The quantitative estimate of drug-likeness (QED) is 0.367. The molecule has 0 aromatic rings. The predicted molar refractivity (Wildman–Crippen MR) is 31.7 cm³/mol. The molecular weight excluding hydrogens is 183 g/mol. The largest absolute Gasteiger partial charge is 0.697 e. The van der Waals surface area contributed by atoms with Gasteiger partial charge in [0.25, 0.3) is 10.1 Å². The Balaban J connectivity index is 3.49. The Bertz CT molecular complexity index is 206. The lowest BCUT2D eigenvalue weighted by atomic mass is 11.6. The second kappa shape index (κ2) is 3.95. The predicted octanol–water partition coefficient (Wildman–Crippen LogP) is -0.414. The van der Waals surface area contributed by atoms with Crippen molar-refractivity contribution in [1.29, 1.82) is 0 Å². The minimum atomic E-state index is -3.58. The van der Waals surface area contributed by atoms with E-state index in [1.807, 2.05) is 0 Å². The molecule has 0 aromatic carbocycles. The molecule has 0 radical (unpaired) electrons. The van der Waals surface area contributed by atoms with Crippen molar-refractivity contribution in [1.82, 2.24) is 0 Å². The van der Waals surface area contributed by atoms with Crippen molar-refractivity contribution in [3.63, 3.8) is 0 Å². The number of hydrogen-bond acceptors (Lipinski definition) is 5. The molecule has 1 atom stereocenters. The van der Waals surface area contributed by atoms with Gasteiger partial charge < -0.3 is 0 Å². The molecule has 10 heavy (non-hydrogen) atoms. The van der Waals surface area contributed by atoms with Crippen LogP contribution >= 0.6 is 8.25 Å². The molecule has 0 aliphatic carbocycles. The van der Waals surface area contributed by atoms with Crippen molar-refractivity contribution in [3.05, 3.63) is 0 Å². The zero-order valence-corrected chi connectivity index (χ0v) is 6.76.